The Labute approximate surface area is 140 Å². The molecule has 0 spiro atoms. The summed E-state index contributed by atoms with van der Waals surface area (Å²) in [6.07, 6.45) is 2.59. The number of amides is 1. The highest BCUT2D eigenvalue weighted by Crippen LogP contribution is 2.34. The molecule has 0 fully saturated rings. The zero-order valence-corrected chi connectivity index (χ0v) is 13.3. The third kappa shape index (κ3) is 4.04. The maximum atomic E-state index is 11.7. The van der Waals surface area contributed by atoms with Crippen LogP contribution in [0.2, 0.25) is 0 Å². The van der Waals surface area contributed by atoms with Crippen molar-refractivity contribution in [1.82, 2.24) is 5.43 Å². The Balaban J connectivity index is 1.46. The molecule has 0 aliphatic carbocycles. The van der Waals surface area contributed by atoms with Crippen LogP contribution in [-0.4, -0.2) is 25.5 Å². The smallest absolute Gasteiger partial charge is 0.277 e. The first kappa shape index (κ1) is 15.9. The molecular formula is C18H18N2O4. The summed E-state index contributed by atoms with van der Waals surface area (Å²) in [5.74, 6) is 1.48. The van der Waals surface area contributed by atoms with Gasteiger partial charge in [-0.3, -0.25) is 4.79 Å². The molecule has 2 aromatic rings. The number of rotatable bonds is 6. The lowest BCUT2D eigenvalue weighted by atomic mass is 10.1. The molecular weight excluding hydrogens is 308 g/mol. The van der Waals surface area contributed by atoms with Crippen molar-refractivity contribution in [3.63, 3.8) is 0 Å². The van der Waals surface area contributed by atoms with E-state index in [4.69, 9.17) is 14.2 Å². The van der Waals surface area contributed by atoms with Gasteiger partial charge in [0.2, 0.25) is 6.79 Å². The van der Waals surface area contributed by atoms with E-state index < -0.39 is 0 Å². The van der Waals surface area contributed by atoms with Crippen molar-refractivity contribution in [3.05, 3.63) is 53.6 Å². The minimum atomic E-state index is -0.339. The van der Waals surface area contributed by atoms with E-state index in [1.807, 2.05) is 24.3 Å². The van der Waals surface area contributed by atoms with Crippen molar-refractivity contribution in [1.29, 1.82) is 0 Å². The maximum absolute atomic E-state index is 11.7. The number of nitrogens with one attached hydrogen (secondary N) is 1. The predicted octanol–water partition coefficient (Wildman–Crippen LogP) is 2.51. The van der Waals surface area contributed by atoms with Gasteiger partial charge in [-0.05, 0) is 29.7 Å². The van der Waals surface area contributed by atoms with Gasteiger partial charge < -0.3 is 14.2 Å². The molecule has 24 heavy (non-hydrogen) atoms. The predicted molar refractivity (Wildman–Crippen MR) is 89.6 cm³/mol. The maximum Gasteiger partial charge on any atom is 0.277 e. The van der Waals surface area contributed by atoms with Gasteiger partial charge in [0.15, 0.2) is 18.1 Å². The fraction of sp³-hybridized carbons (Fsp3) is 0.222. The van der Waals surface area contributed by atoms with Crippen molar-refractivity contribution < 1.29 is 19.0 Å². The number of hydrogen-bond donors (Lipinski definition) is 1. The summed E-state index contributed by atoms with van der Waals surface area (Å²) < 4.78 is 15.9. The van der Waals surface area contributed by atoms with E-state index in [0.29, 0.717) is 17.2 Å². The third-order valence-electron chi connectivity index (χ3n) is 3.50. The lowest BCUT2D eigenvalue weighted by molar-refractivity contribution is -0.123. The Hall–Kier alpha value is -3.02. The lowest BCUT2D eigenvalue weighted by Gasteiger charge is -2.05. The number of aryl methyl sites for hydroxylation is 1. The molecule has 1 aliphatic rings. The highest BCUT2D eigenvalue weighted by Gasteiger charge is 2.14. The Morgan fingerprint density at radius 3 is 2.79 bits per heavy atom. The molecule has 124 valence electrons. The highest BCUT2D eigenvalue weighted by molar-refractivity contribution is 5.82. The summed E-state index contributed by atoms with van der Waals surface area (Å²) in [5, 5.41) is 3.92. The normalized spacial score (nSPS) is 12.4. The van der Waals surface area contributed by atoms with Gasteiger partial charge >= 0.3 is 0 Å². The first-order chi connectivity index (χ1) is 11.7. The standard InChI is InChI=1S/C18H18N2O4/c1-2-13-3-5-14(6-4-13)10-19-20-18(21)11-22-15-7-8-16-17(9-15)24-12-23-16/h3-10H,2,11-12H2,1H3,(H,20,21). The third-order valence-corrected chi connectivity index (χ3v) is 3.50. The number of hydrogen-bond acceptors (Lipinski definition) is 5. The largest absolute Gasteiger partial charge is 0.484 e. The molecule has 1 N–H and O–H groups in total. The molecule has 0 atom stereocenters. The van der Waals surface area contributed by atoms with Crippen LogP contribution in [0.1, 0.15) is 18.1 Å². The van der Waals surface area contributed by atoms with E-state index >= 15 is 0 Å². The van der Waals surface area contributed by atoms with Crippen LogP contribution in [0.25, 0.3) is 0 Å². The van der Waals surface area contributed by atoms with Crippen LogP contribution in [0.5, 0.6) is 17.2 Å². The summed E-state index contributed by atoms with van der Waals surface area (Å²) in [6.45, 7) is 2.17. The van der Waals surface area contributed by atoms with E-state index in [-0.39, 0.29) is 19.3 Å². The molecule has 2 aromatic carbocycles. The van der Waals surface area contributed by atoms with Crippen molar-refractivity contribution in [2.45, 2.75) is 13.3 Å². The van der Waals surface area contributed by atoms with Crippen LogP contribution in [0, 0.1) is 0 Å². The molecule has 1 amide bonds. The lowest BCUT2D eigenvalue weighted by Crippen LogP contribution is -2.24. The number of ether oxygens (including phenoxy) is 3. The molecule has 0 unspecified atom stereocenters. The zero-order chi connectivity index (χ0) is 16.8. The molecule has 0 saturated carbocycles. The molecule has 0 bridgehead atoms. The number of benzene rings is 2. The summed E-state index contributed by atoms with van der Waals surface area (Å²) in [7, 11) is 0. The van der Waals surface area contributed by atoms with Gasteiger partial charge in [-0.1, -0.05) is 31.2 Å². The SMILES string of the molecule is CCc1ccc(C=NNC(=O)COc2ccc3c(c2)OCO3)cc1. The van der Waals surface area contributed by atoms with E-state index in [0.717, 1.165) is 12.0 Å². The van der Waals surface area contributed by atoms with E-state index in [2.05, 4.69) is 17.5 Å². The first-order valence-electron chi connectivity index (χ1n) is 7.68. The number of nitrogens with zero attached hydrogens (tertiary/aromatic N) is 1. The van der Waals surface area contributed by atoms with Gasteiger partial charge in [-0.2, -0.15) is 5.10 Å². The molecule has 1 aliphatic heterocycles. The monoisotopic (exact) mass is 326 g/mol. The van der Waals surface area contributed by atoms with Crippen LogP contribution in [0.4, 0.5) is 0 Å². The molecule has 6 heteroatoms. The molecule has 0 saturated heterocycles. The van der Waals surface area contributed by atoms with Crippen LogP contribution < -0.4 is 19.6 Å². The van der Waals surface area contributed by atoms with E-state index in [1.54, 1.807) is 24.4 Å². The quantitative estimate of drug-likeness (QED) is 0.654. The molecule has 6 nitrogen and oxygen atoms in total. The van der Waals surface area contributed by atoms with Gasteiger partial charge in [0.25, 0.3) is 5.91 Å². The highest BCUT2D eigenvalue weighted by atomic mass is 16.7. The number of carbonyl (C=O) groups excluding carboxylic acids is 1. The second-order valence-electron chi connectivity index (χ2n) is 5.19. The zero-order valence-electron chi connectivity index (χ0n) is 13.3. The van der Waals surface area contributed by atoms with Crippen molar-refractivity contribution >= 4 is 12.1 Å². The average molecular weight is 326 g/mol. The first-order valence-corrected chi connectivity index (χ1v) is 7.68. The average Bonchev–Trinajstić information content (AvgIpc) is 3.08. The molecule has 0 radical (unpaired) electrons. The second-order valence-corrected chi connectivity index (χ2v) is 5.19. The van der Waals surface area contributed by atoms with Gasteiger partial charge in [0, 0.05) is 6.07 Å². The number of hydrazone groups is 1. The Kier molecular flexibility index (Phi) is 4.96. The summed E-state index contributed by atoms with van der Waals surface area (Å²) >= 11 is 0. The molecule has 1 heterocycles. The Bertz CT molecular complexity index is 741. The van der Waals surface area contributed by atoms with Gasteiger partial charge in [0.05, 0.1) is 6.21 Å². The van der Waals surface area contributed by atoms with Crippen LogP contribution >= 0.6 is 0 Å². The van der Waals surface area contributed by atoms with E-state index in [1.165, 1.54) is 5.56 Å². The molecule has 0 aromatic heterocycles. The van der Waals surface area contributed by atoms with Crippen LogP contribution in [0.15, 0.2) is 47.6 Å². The topological polar surface area (TPSA) is 69.2 Å². The van der Waals surface area contributed by atoms with Crippen LogP contribution in [-0.2, 0) is 11.2 Å². The number of carbonyl (C=O) groups is 1. The minimum Gasteiger partial charge on any atom is -0.484 e. The van der Waals surface area contributed by atoms with Gasteiger partial charge in [-0.25, -0.2) is 5.43 Å². The summed E-state index contributed by atoms with van der Waals surface area (Å²) in [4.78, 5) is 11.7. The summed E-state index contributed by atoms with van der Waals surface area (Å²) in [5.41, 5.74) is 4.61. The van der Waals surface area contributed by atoms with Crippen molar-refractivity contribution in [2.24, 2.45) is 5.10 Å². The van der Waals surface area contributed by atoms with Crippen molar-refractivity contribution in [2.75, 3.05) is 13.4 Å². The van der Waals surface area contributed by atoms with Crippen LogP contribution in [0.3, 0.4) is 0 Å². The Morgan fingerprint density at radius 1 is 1.21 bits per heavy atom. The fourth-order valence-electron chi connectivity index (χ4n) is 2.17. The van der Waals surface area contributed by atoms with Gasteiger partial charge in [-0.15, -0.1) is 0 Å². The summed E-state index contributed by atoms with van der Waals surface area (Å²) in [6, 6.07) is 13.1. The van der Waals surface area contributed by atoms with E-state index in [9.17, 15) is 4.79 Å². The molecule has 3 rings (SSSR count). The fourth-order valence-corrected chi connectivity index (χ4v) is 2.17. The second kappa shape index (κ2) is 7.50. The van der Waals surface area contributed by atoms with Crippen molar-refractivity contribution in [3.8, 4) is 17.2 Å². The minimum absolute atomic E-state index is 0.133. The Morgan fingerprint density at radius 2 is 2.00 bits per heavy atom. The van der Waals surface area contributed by atoms with Gasteiger partial charge in [0.1, 0.15) is 5.75 Å². The number of fused-ring (bicyclic) bond motifs is 1.